The van der Waals surface area contributed by atoms with E-state index in [4.69, 9.17) is 0 Å². The Morgan fingerprint density at radius 1 is 0.769 bits per heavy atom. The molecule has 0 spiro atoms. The maximum absolute atomic E-state index is 2.55. The number of hydrogen-bond acceptors (Lipinski definition) is 0. The summed E-state index contributed by atoms with van der Waals surface area (Å²) in [4.78, 5) is 0. The average molecular weight is 176 g/mol. The summed E-state index contributed by atoms with van der Waals surface area (Å²) in [6.07, 6.45) is 7.89. The molecule has 6 unspecified atom stereocenters. The minimum absolute atomic E-state index is 1.12. The fraction of sp³-hybridized carbons (Fsp3) is 1.00. The average Bonchev–Trinajstić information content (AvgIpc) is 2.01. The predicted molar refractivity (Wildman–Crippen MR) is 53.2 cm³/mol. The van der Waals surface area contributed by atoms with Crippen LogP contribution in [0.5, 0.6) is 0 Å². The summed E-state index contributed by atoms with van der Waals surface area (Å²) in [6, 6.07) is 0. The van der Waals surface area contributed by atoms with Crippen molar-refractivity contribution in [3.63, 3.8) is 0 Å². The molecule has 0 heteroatoms. The van der Waals surface area contributed by atoms with Gasteiger partial charge in [-0.2, -0.15) is 0 Å². The first-order valence-electron chi connectivity index (χ1n) is 6.38. The third-order valence-corrected chi connectivity index (χ3v) is 6.17. The molecule has 0 aliphatic heterocycles. The van der Waals surface area contributed by atoms with Gasteiger partial charge in [0.2, 0.25) is 0 Å². The van der Waals surface area contributed by atoms with E-state index in [0.29, 0.717) is 0 Å². The highest BCUT2D eigenvalue weighted by molar-refractivity contribution is 5.16. The fourth-order valence-corrected chi connectivity index (χ4v) is 5.25. The highest BCUT2D eigenvalue weighted by Gasteiger charge is 2.68. The Morgan fingerprint density at radius 2 is 1.46 bits per heavy atom. The third-order valence-electron chi connectivity index (χ3n) is 6.17. The van der Waals surface area contributed by atoms with Crippen LogP contribution in [0.25, 0.3) is 0 Å². The van der Waals surface area contributed by atoms with Crippen molar-refractivity contribution >= 4 is 0 Å². The van der Waals surface area contributed by atoms with Gasteiger partial charge in [0, 0.05) is 0 Å². The molecular weight excluding hydrogens is 156 g/mol. The van der Waals surface area contributed by atoms with Crippen LogP contribution in [-0.4, -0.2) is 0 Å². The first-order valence-corrected chi connectivity index (χ1v) is 6.38. The van der Waals surface area contributed by atoms with Gasteiger partial charge in [-0.25, -0.2) is 0 Å². The molecule has 0 amide bonds. The van der Waals surface area contributed by atoms with Gasteiger partial charge in [0.1, 0.15) is 0 Å². The molecule has 4 saturated carbocycles. The van der Waals surface area contributed by atoms with Crippen molar-refractivity contribution in [3.05, 3.63) is 0 Å². The lowest BCUT2D eigenvalue weighted by molar-refractivity contribution is -0.264. The highest BCUT2D eigenvalue weighted by Crippen LogP contribution is 2.74. The fourth-order valence-electron chi connectivity index (χ4n) is 5.25. The van der Waals surface area contributed by atoms with Crippen molar-refractivity contribution in [2.45, 2.75) is 39.0 Å². The molecule has 72 valence electrons. The third kappa shape index (κ3) is 0.649. The minimum atomic E-state index is 1.12. The molecule has 0 aromatic rings. The van der Waals surface area contributed by atoms with Crippen molar-refractivity contribution < 1.29 is 0 Å². The smallest absolute Gasteiger partial charge is 0.0316 e. The van der Waals surface area contributed by atoms with E-state index in [1.807, 2.05) is 0 Å². The largest absolute Gasteiger partial charge is 0.0619 e. The van der Waals surface area contributed by atoms with E-state index in [-0.39, 0.29) is 0 Å². The lowest BCUT2D eigenvalue weighted by Crippen LogP contribution is -2.69. The van der Waals surface area contributed by atoms with Crippen molar-refractivity contribution in [2.75, 3.05) is 0 Å². The molecule has 0 aromatic heterocycles. The van der Waals surface area contributed by atoms with E-state index in [1.54, 1.807) is 32.1 Å². The Hall–Kier alpha value is 0. The second-order valence-electron chi connectivity index (χ2n) is 6.19. The Balaban J connectivity index is 1.54. The molecule has 0 N–H and O–H groups in total. The van der Waals surface area contributed by atoms with Gasteiger partial charge in [0.25, 0.3) is 0 Å². The van der Waals surface area contributed by atoms with E-state index in [9.17, 15) is 0 Å². The van der Waals surface area contributed by atoms with Crippen molar-refractivity contribution in [2.24, 2.45) is 41.4 Å². The molecular formula is C13H20. The first kappa shape index (κ1) is 7.31. The summed E-state index contributed by atoms with van der Waals surface area (Å²) in [5, 5.41) is 0. The standard InChI is InChI=1S/C13H20/c1-7-11(8-3-2-4-8)13-10-6-5-9(10)12(7)13/h7-13H,2-6H2,1H3. The van der Waals surface area contributed by atoms with Gasteiger partial charge in [-0.05, 0) is 54.3 Å². The maximum Gasteiger partial charge on any atom is -0.0316 e. The molecule has 0 bridgehead atoms. The van der Waals surface area contributed by atoms with Crippen LogP contribution in [0.3, 0.4) is 0 Å². The van der Waals surface area contributed by atoms with Gasteiger partial charge < -0.3 is 0 Å². The zero-order valence-electron chi connectivity index (χ0n) is 8.58. The van der Waals surface area contributed by atoms with Gasteiger partial charge >= 0.3 is 0 Å². The lowest BCUT2D eigenvalue weighted by atomic mass is 9.30. The molecule has 4 fully saturated rings. The zero-order valence-corrected chi connectivity index (χ0v) is 8.58. The molecule has 0 heterocycles. The summed E-state index contributed by atoms with van der Waals surface area (Å²) in [7, 11) is 0. The number of rotatable bonds is 1. The molecule has 4 aliphatic carbocycles. The molecule has 13 heavy (non-hydrogen) atoms. The van der Waals surface area contributed by atoms with Gasteiger partial charge in [-0.3, -0.25) is 0 Å². The molecule has 0 radical (unpaired) electrons. The Labute approximate surface area is 81.1 Å². The van der Waals surface area contributed by atoms with Gasteiger partial charge in [-0.15, -0.1) is 0 Å². The van der Waals surface area contributed by atoms with Crippen LogP contribution in [0.2, 0.25) is 0 Å². The van der Waals surface area contributed by atoms with E-state index < -0.39 is 0 Å². The van der Waals surface area contributed by atoms with E-state index in [2.05, 4.69) is 6.92 Å². The SMILES string of the molecule is CC1C(C2CCC2)C2C3CCC3C12. The number of hydrogen-bond donors (Lipinski definition) is 0. The van der Waals surface area contributed by atoms with Gasteiger partial charge in [0.05, 0.1) is 0 Å². The summed E-state index contributed by atoms with van der Waals surface area (Å²) < 4.78 is 0. The van der Waals surface area contributed by atoms with Crippen LogP contribution in [0.4, 0.5) is 0 Å². The van der Waals surface area contributed by atoms with Gasteiger partial charge in [-0.1, -0.05) is 26.2 Å². The topological polar surface area (TPSA) is 0 Å². The van der Waals surface area contributed by atoms with Crippen LogP contribution in [0.1, 0.15) is 39.0 Å². The van der Waals surface area contributed by atoms with E-state index in [1.165, 1.54) is 35.5 Å². The van der Waals surface area contributed by atoms with E-state index in [0.717, 1.165) is 5.92 Å². The maximum atomic E-state index is 2.55. The predicted octanol–water partition coefficient (Wildman–Crippen LogP) is 3.32. The quantitative estimate of drug-likeness (QED) is 0.575. The molecule has 0 saturated heterocycles. The van der Waals surface area contributed by atoms with Crippen molar-refractivity contribution in [3.8, 4) is 0 Å². The highest BCUT2D eigenvalue weighted by atomic mass is 14.7. The Kier molecular flexibility index (Phi) is 1.21. The lowest BCUT2D eigenvalue weighted by Gasteiger charge is -2.74. The van der Waals surface area contributed by atoms with Crippen molar-refractivity contribution in [1.82, 2.24) is 0 Å². The van der Waals surface area contributed by atoms with Crippen LogP contribution >= 0.6 is 0 Å². The number of fused-ring (bicyclic) bond motifs is 4. The molecule has 4 rings (SSSR count). The van der Waals surface area contributed by atoms with Gasteiger partial charge in [0.15, 0.2) is 0 Å². The molecule has 0 nitrogen and oxygen atoms in total. The van der Waals surface area contributed by atoms with Crippen molar-refractivity contribution in [1.29, 1.82) is 0 Å². The first-order chi connectivity index (χ1) is 6.38. The summed E-state index contributed by atoms with van der Waals surface area (Å²) >= 11 is 0. The Morgan fingerprint density at radius 3 is 2.00 bits per heavy atom. The molecule has 4 aliphatic rings. The van der Waals surface area contributed by atoms with E-state index >= 15 is 0 Å². The summed E-state index contributed by atoms with van der Waals surface area (Å²) in [5.41, 5.74) is 0. The van der Waals surface area contributed by atoms with Crippen LogP contribution in [0.15, 0.2) is 0 Å². The second-order valence-corrected chi connectivity index (χ2v) is 6.19. The van der Waals surface area contributed by atoms with Crippen LogP contribution in [0, 0.1) is 41.4 Å². The van der Waals surface area contributed by atoms with Crippen LogP contribution in [-0.2, 0) is 0 Å². The molecule has 0 aromatic carbocycles. The molecule has 6 atom stereocenters. The Bertz CT molecular complexity index is 240. The summed E-state index contributed by atoms with van der Waals surface area (Å²) in [6.45, 7) is 2.55. The van der Waals surface area contributed by atoms with Crippen LogP contribution < -0.4 is 0 Å². The minimum Gasteiger partial charge on any atom is -0.0619 e. The normalized spacial score (nSPS) is 63.5. The monoisotopic (exact) mass is 176 g/mol. The zero-order chi connectivity index (χ0) is 8.58. The summed E-state index contributed by atoms with van der Waals surface area (Å²) in [5.74, 6) is 8.39. The second kappa shape index (κ2) is 2.15.